The molecule has 0 fully saturated rings. The van der Waals surface area contributed by atoms with Crippen molar-refractivity contribution in [1.82, 2.24) is 9.88 Å². The molecule has 1 aliphatic rings. The largest absolute Gasteiger partial charge is 0.486 e. The van der Waals surface area contributed by atoms with Crippen molar-refractivity contribution in [2.75, 3.05) is 45.3 Å². The van der Waals surface area contributed by atoms with Gasteiger partial charge in [0.2, 0.25) is 0 Å². The first-order valence-electron chi connectivity index (χ1n) is 8.93. The van der Waals surface area contributed by atoms with Gasteiger partial charge in [-0.15, -0.1) is 12.4 Å². The van der Waals surface area contributed by atoms with Crippen LogP contribution in [-0.4, -0.2) is 56.2 Å². The van der Waals surface area contributed by atoms with E-state index in [0.717, 1.165) is 10.2 Å². The Morgan fingerprint density at radius 1 is 1.14 bits per heavy atom. The maximum atomic E-state index is 13.6. The summed E-state index contributed by atoms with van der Waals surface area (Å²) in [7, 11) is 3.87. The molecule has 0 N–H and O–H groups in total. The lowest BCUT2D eigenvalue weighted by Crippen LogP contribution is -2.36. The fraction of sp³-hybridized carbons (Fsp3) is 0.300. The number of thiazole rings is 1. The molecule has 0 radical (unpaired) electrons. The maximum absolute atomic E-state index is 13.6. The predicted octanol–water partition coefficient (Wildman–Crippen LogP) is 3.84. The molecule has 154 valence electrons. The zero-order chi connectivity index (χ0) is 19.7. The highest BCUT2D eigenvalue weighted by molar-refractivity contribution is 7.22. The lowest BCUT2D eigenvalue weighted by Gasteiger charge is -2.22. The molecule has 6 nitrogen and oxygen atoms in total. The van der Waals surface area contributed by atoms with E-state index in [1.807, 2.05) is 31.1 Å². The van der Waals surface area contributed by atoms with Gasteiger partial charge < -0.3 is 14.4 Å². The third-order valence-corrected chi connectivity index (χ3v) is 5.40. The standard InChI is InChI=1S/C20H20FN3O3S.ClH/c1-23(2)6-7-24(19(25)13-4-3-5-14(21)10-13)20-22-15-11-16-17(12-18(15)28-20)27-9-8-26-16;/h3-5,10-12H,6-9H2,1-2H3;1H. The van der Waals surface area contributed by atoms with E-state index in [1.54, 1.807) is 11.0 Å². The van der Waals surface area contributed by atoms with Gasteiger partial charge in [-0.2, -0.15) is 0 Å². The molecule has 29 heavy (non-hydrogen) atoms. The fourth-order valence-corrected chi connectivity index (χ4v) is 3.93. The van der Waals surface area contributed by atoms with Crippen molar-refractivity contribution < 1.29 is 18.7 Å². The second-order valence-electron chi connectivity index (χ2n) is 6.73. The van der Waals surface area contributed by atoms with Gasteiger partial charge in [0, 0.05) is 30.8 Å². The number of aromatic nitrogens is 1. The normalized spacial score (nSPS) is 12.7. The van der Waals surface area contributed by atoms with Gasteiger partial charge in [-0.25, -0.2) is 9.37 Å². The van der Waals surface area contributed by atoms with Gasteiger partial charge in [0.25, 0.3) is 5.91 Å². The minimum absolute atomic E-state index is 0. The molecule has 0 bridgehead atoms. The highest BCUT2D eigenvalue weighted by Crippen LogP contribution is 2.39. The van der Waals surface area contributed by atoms with Gasteiger partial charge in [-0.1, -0.05) is 17.4 Å². The molecule has 2 aromatic carbocycles. The molecule has 0 atom stereocenters. The number of halogens is 2. The second kappa shape index (κ2) is 8.94. The third-order valence-electron chi connectivity index (χ3n) is 4.36. The van der Waals surface area contributed by atoms with Crippen molar-refractivity contribution in [1.29, 1.82) is 0 Å². The third kappa shape index (κ3) is 4.60. The molecular formula is C20H21ClFN3O3S. The Labute approximate surface area is 178 Å². The van der Waals surface area contributed by atoms with Crippen LogP contribution in [0.2, 0.25) is 0 Å². The summed E-state index contributed by atoms with van der Waals surface area (Å²) < 4.78 is 25.8. The molecule has 0 saturated heterocycles. The van der Waals surface area contributed by atoms with E-state index in [9.17, 15) is 9.18 Å². The summed E-state index contributed by atoms with van der Waals surface area (Å²) >= 11 is 1.40. The Morgan fingerprint density at radius 2 is 1.86 bits per heavy atom. The summed E-state index contributed by atoms with van der Waals surface area (Å²) in [5.74, 6) is 0.625. The molecule has 0 saturated carbocycles. The van der Waals surface area contributed by atoms with Crippen LogP contribution in [0.5, 0.6) is 11.5 Å². The van der Waals surface area contributed by atoms with E-state index in [4.69, 9.17) is 9.47 Å². The Balaban J connectivity index is 0.00000240. The van der Waals surface area contributed by atoms with E-state index in [-0.39, 0.29) is 18.3 Å². The minimum Gasteiger partial charge on any atom is -0.486 e. The van der Waals surface area contributed by atoms with E-state index < -0.39 is 5.82 Å². The maximum Gasteiger partial charge on any atom is 0.260 e. The van der Waals surface area contributed by atoms with Crippen molar-refractivity contribution in [3.05, 3.63) is 47.8 Å². The van der Waals surface area contributed by atoms with Crippen molar-refractivity contribution in [2.24, 2.45) is 0 Å². The Kier molecular flexibility index (Phi) is 6.56. The molecule has 3 aromatic rings. The quantitative estimate of drug-likeness (QED) is 0.607. The Hall–Kier alpha value is -2.42. The number of rotatable bonds is 5. The van der Waals surface area contributed by atoms with Crippen LogP contribution in [0.4, 0.5) is 9.52 Å². The molecule has 0 aliphatic carbocycles. The molecule has 0 spiro atoms. The molecule has 9 heteroatoms. The van der Waals surface area contributed by atoms with Crippen molar-refractivity contribution >= 4 is 45.0 Å². The highest BCUT2D eigenvalue weighted by Gasteiger charge is 2.23. The van der Waals surface area contributed by atoms with E-state index in [1.165, 1.54) is 29.5 Å². The van der Waals surface area contributed by atoms with Crippen molar-refractivity contribution in [2.45, 2.75) is 0 Å². The average molecular weight is 438 g/mol. The van der Waals surface area contributed by atoms with Gasteiger partial charge in [0.05, 0.1) is 10.2 Å². The SMILES string of the molecule is CN(C)CCN(C(=O)c1cccc(F)c1)c1nc2cc3c(cc2s1)OCCO3.Cl. The van der Waals surface area contributed by atoms with E-state index in [2.05, 4.69) is 4.98 Å². The van der Waals surface area contributed by atoms with E-state index in [0.29, 0.717) is 48.5 Å². The first-order chi connectivity index (χ1) is 13.5. The first kappa shape index (κ1) is 21.3. The number of hydrogen-bond acceptors (Lipinski definition) is 6. The van der Waals surface area contributed by atoms with Crippen molar-refractivity contribution in [3.63, 3.8) is 0 Å². The van der Waals surface area contributed by atoms with Crippen LogP contribution >= 0.6 is 23.7 Å². The summed E-state index contributed by atoms with van der Waals surface area (Å²) in [5, 5.41) is 0.563. The van der Waals surface area contributed by atoms with Crippen LogP contribution in [-0.2, 0) is 0 Å². The number of likely N-dealkylation sites (N-methyl/N-ethyl adjacent to an activating group) is 1. The topological polar surface area (TPSA) is 54.9 Å². The summed E-state index contributed by atoms with van der Waals surface area (Å²) in [5.41, 5.74) is 1.04. The fourth-order valence-electron chi connectivity index (χ4n) is 2.93. The predicted molar refractivity (Wildman–Crippen MR) is 114 cm³/mol. The van der Waals surface area contributed by atoms with Crippen LogP contribution in [0.25, 0.3) is 10.2 Å². The molecular weight excluding hydrogens is 417 g/mol. The highest BCUT2D eigenvalue weighted by atomic mass is 35.5. The number of anilines is 1. The summed E-state index contributed by atoms with van der Waals surface area (Å²) in [4.78, 5) is 21.3. The molecule has 4 rings (SSSR count). The molecule has 1 aromatic heterocycles. The smallest absolute Gasteiger partial charge is 0.260 e. The number of carbonyl (C=O) groups is 1. The second-order valence-corrected chi connectivity index (χ2v) is 7.74. The van der Waals surface area contributed by atoms with Crippen LogP contribution in [0.15, 0.2) is 36.4 Å². The van der Waals surface area contributed by atoms with Crippen LogP contribution in [0, 0.1) is 5.82 Å². The number of fused-ring (bicyclic) bond motifs is 2. The average Bonchev–Trinajstić information content (AvgIpc) is 3.08. The molecule has 1 aliphatic heterocycles. The number of carbonyl (C=O) groups excluding carboxylic acids is 1. The van der Waals surface area contributed by atoms with Crippen LogP contribution in [0.1, 0.15) is 10.4 Å². The number of hydrogen-bond donors (Lipinski definition) is 0. The monoisotopic (exact) mass is 437 g/mol. The Bertz CT molecular complexity index is 984. The Morgan fingerprint density at radius 3 is 2.55 bits per heavy atom. The summed E-state index contributed by atoms with van der Waals surface area (Å²) in [6.45, 7) is 2.11. The van der Waals surface area contributed by atoms with Gasteiger partial charge in [0.1, 0.15) is 19.0 Å². The van der Waals surface area contributed by atoms with Gasteiger partial charge >= 0.3 is 0 Å². The van der Waals surface area contributed by atoms with Crippen LogP contribution < -0.4 is 14.4 Å². The number of amides is 1. The van der Waals surface area contributed by atoms with Gasteiger partial charge in [0.15, 0.2) is 16.6 Å². The zero-order valence-electron chi connectivity index (χ0n) is 16.1. The number of ether oxygens (including phenoxy) is 2. The number of benzene rings is 2. The van der Waals surface area contributed by atoms with Gasteiger partial charge in [-0.3, -0.25) is 9.69 Å². The zero-order valence-corrected chi connectivity index (χ0v) is 17.7. The van der Waals surface area contributed by atoms with Gasteiger partial charge in [-0.05, 0) is 32.3 Å². The van der Waals surface area contributed by atoms with Crippen molar-refractivity contribution in [3.8, 4) is 11.5 Å². The lowest BCUT2D eigenvalue weighted by molar-refractivity contribution is 0.0984. The minimum atomic E-state index is -0.440. The summed E-state index contributed by atoms with van der Waals surface area (Å²) in [6.07, 6.45) is 0. The first-order valence-corrected chi connectivity index (χ1v) is 9.75. The number of nitrogens with zero attached hydrogens (tertiary/aromatic N) is 3. The molecule has 0 unspecified atom stereocenters. The molecule has 1 amide bonds. The van der Waals surface area contributed by atoms with Crippen LogP contribution in [0.3, 0.4) is 0 Å². The molecule has 2 heterocycles. The van der Waals surface area contributed by atoms with E-state index >= 15 is 0 Å². The summed E-state index contributed by atoms with van der Waals surface area (Å²) in [6, 6.07) is 9.44. The lowest BCUT2D eigenvalue weighted by atomic mass is 10.2.